The molecule has 1 aliphatic heterocycles. The van der Waals surface area contributed by atoms with E-state index in [4.69, 9.17) is 4.74 Å². The van der Waals surface area contributed by atoms with E-state index in [1.165, 1.54) is 0 Å². The van der Waals surface area contributed by atoms with Crippen LogP contribution < -0.4 is 5.32 Å². The summed E-state index contributed by atoms with van der Waals surface area (Å²) in [4.78, 5) is 0. The van der Waals surface area contributed by atoms with E-state index in [-0.39, 0.29) is 18.9 Å². The second-order valence-corrected chi connectivity index (χ2v) is 4.38. The summed E-state index contributed by atoms with van der Waals surface area (Å²) in [6.07, 6.45) is 2.54. The van der Waals surface area contributed by atoms with Crippen molar-refractivity contribution in [3.8, 4) is 0 Å². The third-order valence-corrected chi connectivity index (χ3v) is 3.04. The number of hydrogen-bond acceptors (Lipinski definition) is 2. The van der Waals surface area contributed by atoms with Gasteiger partial charge in [-0.2, -0.15) is 0 Å². The van der Waals surface area contributed by atoms with Crippen LogP contribution in [0.3, 0.4) is 0 Å². The lowest BCUT2D eigenvalue weighted by atomic mass is 9.91. The molecule has 4 heteroatoms. The van der Waals surface area contributed by atoms with Gasteiger partial charge in [-0.3, -0.25) is 0 Å². The van der Waals surface area contributed by atoms with Crippen molar-refractivity contribution in [3.63, 3.8) is 0 Å². The predicted octanol–water partition coefficient (Wildman–Crippen LogP) is 1.94. The molecule has 2 unspecified atom stereocenters. The summed E-state index contributed by atoms with van der Waals surface area (Å²) in [7, 11) is 0. The van der Waals surface area contributed by atoms with Crippen LogP contribution in [0.1, 0.15) is 32.1 Å². The van der Waals surface area contributed by atoms with E-state index < -0.39 is 5.92 Å². The Balaban J connectivity index is 1.79. The van der Waals surface area contributed by atoms with E-state index in [0.717, 1.165) is 19.4 Å². The fourth-order valence-electron chi connectivity index (χ4n) is 2.31. The van der Waals surface area contributed by atoms with Crippen LogP contribution in [0, 0.1) is 0 Å². The van der Waals surface area contributed by atoms with Crippen LogP contribution in [0.5, 0.6) is 0 Å². The average molecular weight is 205 g/mol. The Hall–Kier alpha value is -0.220. The van der Waals surface area contributed by atoms with Crippen LogP contribution in [0.25, 0.3) is 0 Å². The molecule has 1 heterocycles. The summed E-state index contributed by atoms with van der Waals surface area (Å²) >= 11 is 0. The van der Waals surface area contributed by atoms with Crippen LogP contribution in [-0.2, 0) is 4.74 Å². The maximum Gasteiger partial charge on any atom is 0.249 e. The highest BCUT2D eigenvalue weighted by atomic mass is 19.3. The molecule has 14 heavy (non-hydrogen) atoms. The first-order chi connectivity index (χ1) is 6.66. The summed E-state index contributed by atoms with van der Waals surface area (Å²) in [6.45, 7) is 1.45. The lowest BCUT2D eigenvalue weighted by Crippen LogP contribution is -2.44. The van der Waals surface area contributed by atoms with Crippen molar-refractivity contribution in [2.75, 3.05) is 13.2 Å². The maximum absolute atomic E-state index is 13.1. The zero-order chi connectivity index (χ0) is 10.0. The van der Waals surface area contributed by atoms with Gasteiger partial charge in [-0.05, 0) is 19.3 Å². The molecule has 0 spiro atoms. The van der Waals surface area contributed by atoms with Gasteiger partial charge in [0.25, 0.3) is 0 Å². The number of nitrogens with one attached hydrogen (secondary N) is 1. The zero-order valence-electron chi connectivity index (χ0n) is 8.27. The monoisotopic (exact) mass is 205 g/mol. The first-order valence-corrected chi connectivity index (χ1v) is 5.37. The summed E-state index contributed by atoms with van der Waals surface area (Å²) in [5.41, 5.74) is 0. The minimum Gasteiger partial charge on any atom is -0.380 e. The third kappa shape index (κ3) is 2.64. The molecule has 0 aromatic rings. The van der Waals surface area contributed by atoms with E-state index in [9.17, 15) is 8.78 Å². The van der Waals surface area contributed by atoms with Gasteiger partial charge < -0.3 is 10.1 Å². The average Bonchev–Trinajstić information content (AvgIpc) is 2.54. The number of rotatable bonds is 2. The molecule has 0 radical (unpaired) electrons. The van der Waals surface area contributed by atoms with Crippen LogP contribution >= 0.6 is 0 Å². The Morgan fingerprint density at radius 2 is 2.07 bits per heavy atom. The van der Waals surface area contributed by atoms with Gasteiger partial charge in [0.05, 0.1) is 6.61 Å². The van der Waals surface area contributed by atoms with Crippen molar-refractivity contribution in [2.24, 2.45) is 0 Å². The topological polar surface area (TPSA) is 21.3 Å². The maximum atomic E-state index is 13.1. The Bertz CT molecular complexity index is 193. The van der Waals surface area contributed by atoms with Gasteiger partial charge >= 0.3 is 0 Å². The van der Waals surface area contributed by atoms with Crippen LogP contribution in [0.4, 0.5) is 8.78 Å². The first-order valence-electron chi connectivity index (χ1n) is 5.37. The van der Waals surface area contributed by atoms with Gasteiger partial charge in [-0.25, -0.2) is 8.78 Å². The van der Waals surface area contributed by atoms with Crippen LogP contribution in [0.15, 0.2) is 0 Å². The number of alkyl halides is 2. The molecule has 0 aromatic heterocycles. The summed E-state index contributed by atoms with van der Waals surface area (Å²) in [6, 6.07) is 0.291. The molecule has 2 atom stereocenters. The highest BCUT2D eigenvalue weighted by Crippen LogP contribution is 2.33. The fraction of sp³-hybridized carbons (Fsp3) is 1.00. The molecule has 82 valence electrons. The molecule has 0 amide bonds. The second kappa shape index (κ2) is 4.11. The molecular weight excluding hydrogens is 188 g/mol. The molecule has 0 bridgehead atoms. The zero-order valence-corrected chi connectivity index (χ0v) is 8.27. The summed E-state index contributed by atoms with van der Waals surface area (Å²) in [5, 5.41) is 3.27. The van der Waals surface area contributed by atoms with E-state index in [1.54, 1.807) is 0 Å². The quantitative estimate of drug-likeness (QED) is 0.744. The third-order valence-electron chi connectivity index (χ3n) is 3.04. The molecule has 1 saturated carbocycles. The van der Waals surface area contributed by atoms with E-state index in [0.29, 0.717) is 19.1 Å². The van der Waals surface area contributed by atoms with Gasteiger partial charge in [-0.15, -0.1) is 0 Å². The lowest BCUT2D eigenvalue weighted by Gasteiger charge is -2.31. The minimum atomic E-state index is -2.45. The highest BCUT2D eigenvalue weighted by Gasteiger charge is 2.37. The van der Waals surface area contributed by atoms with E-state index in [2.05, 4.69) is 5.32 Å². The molecular formula is C10H17F2NO. The molecule has 1 N–H and O–H groups in total. The second-order valence-electron chi connectivity index (χ2n) is 4.38. The van der Waals surface area contributed by atoms with Gasteiger partial charge in [0.1, 0.15) is 0 Å². The lowest BCUT2D eigenvalue weighted by molar-refractivity contribution is -0.0453. The van der Waals surface area contributed by atoms with Crippen molar-refractivity contribution < 1.29 is 13.5 Å². The fourth-order valence-corrected chi connectivity index (χ4v) is 2.31. The molecule has 2 aliphatic rings. The molecule has 1 aliphatic carbocycles. The van der Waals surface area contributed by atoms with Crippen LogP contribution in [-0.4, -0.2) is 31.2 Å². The van der Waals surface area contributed by atoms with Crippen molar-refractivity contribution in [3.05, 3.63) is 0 Å². The number of ether oxygens (including phenoxy) is 1. The van der Waals surface area contributed by atoms with Crippen molar-refractivity contribution in [1.29, 1.82) is 0 Å². The normalized spacial score (nSPS) is 37.3. The van der Waals surface area contributed by atoms with E-state index >= 15 is 0 Å². The van der Waals surface area contributed by atoms with Crippen molar-refractivity contribution >= 4 is 0 Å². The van der Waals surface area contributed by atoms with Gasteiger partial charge in [-0.1, -0.05) is 0 Å². The van der Waals surface area contributed by atoms with Gasteiger partial charge in [0.2, 0.25) is 5.92 Å². The Labute approximate surface area is 83.0 Å². The van der Waals surface area contributed by atoms with Gasteiger partial charge in [0.15, 0.2) is 0 Å². The van der Waals surface area contributed by atoms with Gasteiger partial charge in [0, 0.05) is 31.5 Å². The SMILES string of the molecule is FC1(F)CCCC(NC2CCOC2)C1. The van der Waals surface area contributed by atoms with Crippen molar-refractivity contribution in [2.45, 2.75) is 50.1 Å². The largest absolute Gasteiger partial charge is 0.380 e. The summed E-state index contributed by atoms with van der Waals surface area (Å²) < 4.78 is 31.3. The first kappa shape index (κ1) is 10.3. The predicted molar refractivity (Wildman–Crippen MR) is 49.6 cm³/mol. The van der Waals surface area contributed by atoms with E-state index in [1.807, 2.05) is 0 Å². The number of halogens is 2. The number of hydrogen-bond donors (Lipinski definition) is 1. The molecule has 2 fully saturated rings. The molecule has 2 nitrogen and oxygen atoms in total. The smallest absolute Gasteiger partial charge is 0.249 e. The Morgan fingerprint density at radius 1 is 1.21 bits per heavy atom. The highest BCUT2D eigenvalue weighted by molar-refractivity contribution is 4.85. The Morgan fingerprint density at radius 3 is 2.71 bits per heavy atom. The summed E-state index contributed by atoms with van der Waals surface area (Å²) in [5.74, 6) is -2.45. The van der Waals surface area contributed by atoms with Crippen molar-refractivity contribution in [1.82, 2.24) is 5.32 Å². The van der Waals surface area contributed by atoms with Crippen LogP contribution in [0.2, 0.25) is 0 Å². The molecule has 2 rings (SSSR count). The molecule has 1 saturated heterocycles. The molecule has 0 aromatic carbocycles. The standard InChI is InChI=1S/C10H17F2NO/c11-10(12)4-1-2-8(6-10)13-9-3-5-14-7-9/h8-9,13H,1-7H2. The Kier molecular flexibility index (Phi) is 3.02. The minimum absolute atomic E-state index is 0.00347.